The van der Waals surface area contributed by atoms with Crippen molar-refractivity contribution in [2.45, 2.75) is 25.8 Å². The van der Waals surface area contributed by atoms with Crippen LogP contribution in [-0.2, 0) is 7.05 Å². The Morgan fingerprint density at radius 2 is 1.93 bits per heavy atom. The van der Waals surface area contributed by atoms with Crippen LogP contribution in [0.1, 0.15) is 40.4 Å². The Hall–Kier alpha value is -2.73. The second-order valence-corrected chi connectivity index (χ2v) is 7.64. The summed E-state index contributed by atoms with van der Waals surface area (Å²) in [5.41, 5.74) is 3.25. The predicted octanol–water partition coefficient (Wildman–Crippen LogP) is 3.79. The van der Waals surface area contributed by atoms with E-state index in [4.69, 9.17) is 12.2 Å². The van der Waals surface area contributed by atoms with Crippen LogP contribution in [0.25, 0.3) is 10.9 Å². The summed E-state index contributed by atoms with van der Waals surface area (Å²) in [4.78, 5) is 28.2. The Labute approximate surface area is 162 Å². The fraction of sp³-hybridized carbons (Fsp3) is 0.286. The highest BCUT2D eigenvalue weighted by Crippen LogP contribution is 2.41. The van der Waals surface area contributed by atoms with Gasteiger partial charge in [0, 0.05) is 12.6 Å². The van der Waals surface area contributed by atoms with E-state index in [1.165, 1.54) is 10.1 Å². The summed E-state index contributed by atoms with van der Waals surface area (Å²) in [6.07, 6.45) is 2.25. The summed E-state index contributed by atoms with van der Waals surface area (Å²) >= 11 is 5.17. The highest BCUT2D eigenvalue weighted by atomic mass is 32.1. The van der Waals surface area contributed by atoms with Gasteiger partial charge in [0.1, 0.15) is 0 Å². The van der Waals surface area contributed by atoms with Crippen molar-refractivity contribution >= 4 is 29.0 Å². The number of aromatic nitrogens is 2. The number of aromatic amines is 1. The van der Waals surface area contributed by atoms with Crippen LogP contribution in [0.3, 0.4) is 0 Å². The van der Waals surface area contributed by atoms with Crippen molar-refractivity contribution in [1.29, 1.82) is 0 Å². The quantitative estimate of drug-likeness (QED) is 0.678. The van der Waals surface area contributed by atoms with Crippen LogP contribution < -0.4 is 10.9 Å². The number of carbonyl (C=O) groups excluding carboxylic acids is 1. The third-order valence-electron chi connectivity index (χ3n) is 5.18. The van der Waals surface area contributed by atoms with E-state index in [-0.39, 0.29) is 17.5 Å². The van der Waals surface area contributed by atoms with E-state index >= 15 is 0 Å². The summed E-state index contributed by atoms with van der Waals surface area (Å²) in [5.74, 6) is 0.338. The van der Waals surface area contributed by atoms with Crippen molar-refractivity contribution in [2.75, 3.05) is 0 Å². The molecule has 0 bridgehead atoms. The van der Waals surface area contributed by atoms with Crippen molar-refractivity contribution in [1.82, 2.24) is 14.9 Å². The number of H-pyrrole nitrogens is 1. The third-order valence-corrected chi connectivity index (χ3v) is 5.56. The Morgan fingerprint density at radius 1 is 1.22 bits per heavy atom. The Balaban J connectivity index is 1.65. The van der Waals surface area contributed by atoms with Crippen molar-refractivity contribution < 1.29 is 4.79 Å². The SMILES string of the molecule is Cc1ccc(C(NC(=O)c2ccc3c(=O)n(C)c(=S)[nH]c3c2)C2CC2)cc1. The molecule has 0 saturated heterocycles. The highest BCUT2D eigenvalue weighted by Gasteiger charge is 2.33. The molecule has 1 unspecified atom stereocenters. The standard InChI is InChI=1S/C21H21N3O2S/c1-12-3-5-13(6-4-12)18(14-7-8-14)23-19(25)15-9-10-16-17(11-15)22-21(27)24(2)20(16)26/h3-6,9-11,14,18H,7-8H2,1-2H3,(H,22,27)(H,23,25). The molecule has 6 heteroatoms. The molecule has 5 nitrogen and oxygen atoms in total. The maximum absolute atomic E-state index is 12.9. The number of benzene rings is 2. The summed E-state index contributed by atoms with van der Waals surface area (Å²) in [6, 6.07) is 13.4. The second kappa shape index (κ2) is 6.78. The van der Waals surface area contributed by atoms with E-state index in [9.17, 15) is 9.59 Å². The van der Waals surface area contributed by atoms with Crippen molar-refractivity contribution in [3.8, 4) is 0 Å². The summed E-state index contributed by atoms with van der Waals surface area (Å²) in [6.45, 7) is 2.05. The molecule has 1 aliphatic rings. The van der Waals surface area contributed by atoms with Crippen LogP contribution >= 0.6 is 12.2 Å². The first kappa shape index (κ1) is 17.7. The van der Waals surface area contributed by atoms with Gasteiger partial charge in [-0.1, -0.05) is 29.8 Å². The van der Waals surface area contributed by atoms with Crippen LogP contribution in [-0.4, -0.2) is 15.5 Å². The number of hydrogen-bond donors (Lipinski definition) is 2. The van der Waals surface area contributed by atoms with E-state index in [1.807, 2.05) is 0 Å². The number of nitrogens with one attached hydrogen (secondary N) is 2. The maximum atomic E-state index is 12.9. The van der Waals surface area contributed by atoms with Gasteiger partial charge in [-0.15, -0.1) is 0 Å². The molecule has 2 aromatic carbocycles. The molecule has 4 rings (SSSR count). The van der Waals surface area contributed by atoms with E-state index in [2.05, 4.69) is 41.5 Å². The van der Waals surface area contributed by atoms with Gasteiger partial charge in [0.25, 0.3) is 11.5 Å². The number of nitrogens with zero attached hydrogens (tertiary/aromatic N) is 1. The van der Waals surface area contributed by atoms with Crippen molar-refractivity contribution in [2.24, 2.45) is 13.0 Å². The molecule has 138 valence electrons. The molecule has 1 saturated carbocycles. The lowest BCUT2D eigenvalue weighted by molar-refractivity contribution is 0.0932. The predicted molar refractivity (Wildman–Crippen MR) is 108 cm³/mol. The summed E-state index contributed by atoms with van der Waals surface area (Å²) < 4.78 is 1.72. The number of hydrogen-bond acceptors (Lipinski definition) is 3. The molecule has 2 N–H and O–H groups in total. The zero-order valence-corrected chi connectivity index (χ0v) is 16.1. The van der Waals surface area contributed by atoms with Gasteiger partial charge < -0.3 is 10.3 Å². The van der Waals surface area contributed by atoms with Crippen molar-refractivity contribution in [3.63, 3.8) is 0 Å². The Morgan fingerprint density at radius 3 is 2.59 bits per heavy atom. The third kappa shape index (κ3) is 3.45. The first-order valence-electron chi connectivity index (χ1n) is 9.04. The average molecular weight is 379 g/mol. The van der Waals surface area contributed by atoms with Gasteiger partial charge in [-0.05, 0) is 61.7 Å². The molecule has 0 radical (unpaired) electrons. The van der Waals surface area contributed by atoms with Gasteiger partial charge in [0.2, 0.25) is 0 Å². The number of amides is 1. The summed E-state index contributed by atoms with van der Waals surface area (Å²) in [7, 11) is 1.63. The second-order valence-electron chi connectivity index (χ2n) is 7.25. The number of fused-ring (bicyclic) bond motifs is 1. The minimum Gasteiger partial charge on any atom is -0.345 e. The molecule has 27 heavy (non-hydrogen) atoms. The normalized spacial score (nSPS) is 14.9. The molecule has 1 fully saturated rings. The Kier molecular flexibility index (Phi) is 4.44. The average Bonchev–Trinajstić information content (AvgIpc) is 3.49. The van der Waals surface area contributed by atoms with Gasteiger partial charge in [0.05, 0.1) is 16.9 Å². The van der Waals surface area contributed by atoms with Gasteiger partial charge in [-0.3, -0.25) is 14.2 Å². The van der Waals surface area contributed by atoms with Gasteiger partial charge in [0.15, 0.2) is 4.77 Å². The molecule has 1 aromatic heterocycles. The van der Waals surface area contributed by atoms with Crippen molar-refractivity contribution in [3.05, 3.63) is 74.3 Å². The lowest BCUT2D eigenvalue weighted by Crippen LogP contribution is -2.30. The van der Waals surface area contributed by atoms with Crippen LogP contribution in [0, 0.1) is 17.6 Å². The fourth-order valence-electron chi connectivity index (χ4n) is 3.35. The van der Waals surface area contributed by atoms with Gasteiger partial charge >= 0.3 is 0 Å². The molecule has 1 atom stereocenters. The zero-order valence-electron chi connectivity index (χ0n) is 15.3. The number of rotatable bonds is 4. The molecule has 0 spiro atoms. The molecule has 1 heterocycles. The lowest BCUT2D eigenvalue weighted by Gasteiger charge is -2.19. The van der Waals surface area contributed by atoms with Crippen LogP contribution in [0.5, 0.6) is 0 Å². The first-order valence-corrected chi connectivity index (χ1v) is 9.45. The molecule has 3 aromatic rings. The first-order chi connectivity index (χ1) is 12.9. The summed E-state index contributed by atoms with van der Waals surface area (Å²) in [5, 5.41) is 3.69. The highest BCUT2D eigenvalue weighted by molar-refractivity contribution is 7.71. The van der Waals surface area contributed by atoms with Crippen LogP contribution in [0.4, 0.5) is 0 Å². The van der Waals surface area contributed by atoms with E-state index < -0.39 is 0 Å². The van der Waals surface area contributed by atoms with Gasteiger partial charge in [-0.2, -0.15) is 0 Å². The Bertz CT molecular complexity index is 1140. The van der Waals surface area contributed by atoms with Crippen LogP contribution in [0.2, 0.25) is 0 Å². The molecule has 1 aliphatic carbocycles. The fourth-order valence-corrected chi connectivity index (χ4v) is 3.54. The topological polar surface area (TPSA) is 66.9 Å². The maximum Gasteiger partial charge on any atom is 0.261 e. The molecular formula is C21H21N3O2S. The largest absolute Gasteiger partial charge is 0.345 e. The monoisotopic (exact) mass is 379 g/mol. The number of aryl methyl sites for hydroxylation is 1. The number of carbonyl (C=O) groups is 1. The molecule has 0 aliphatic heterocycles. The van der Waals surface area contributed by atoms with Crippen LogP contribution in [0.15, 0.2) is 47.3 Å². The molecule has 1 amide bonds. The van der Waals surface area contributed by atoms with Gasteiger partial charge in [-0.25, -0.2) is 0 Å². The smallest absolute Gasteiger partial charge is 0.261 e. The van der Waals surface area contributed by atoms with E-state index in [0.717, 1.165) is 18.4 Å². The van der Waals surface area contributed by atoms with E-state index in [0.29, 0.717) is 27.2 Å². The minimum absolute atomic E-state index is 0.0101. The lowest BCUT2D eigenvalue weighted by atomic mass is 10.0. The zero-order chi connectivity index (χ0) is 19.1. The minimum atomic E-state index is -0.170. The van der Waals surface area contributed by atoms with E-state index in [1.54, 1.807) is 25.2 Å². The molecular weight excluding hydrogens is 358 g/mol.